The van der Waals surface area contributed by atoms with E-state index in [-0.39, 0.29) is 17.9 Å². The van der Waals surface area contributed by atoms with E-state index in [1.807, 2.05) is 40.6 Å². The van der Waals surface area contributed by atoms with Crippen LogP contribution in [0.2, 0.25) is 0 Å². The molecule has 1 aliphatic rings. The summed E-state index contributed by atoms with van der Waals surface area (Å²) in [5.74, 6) is 0.0242. The molecule has 1 aliphatic heterocycles. The first-order valence-electron chi connectivity index (χ1n) is 7.53. The van der Waals surface area contributed by atoms with Crippen molar-refractivity contribution in [1.29, 1.82) is 0 Å². The van der Waals surface area contributed by atoms with E-state index in [9.17, 15) is 9.59 Å². The van der Waals surface area contributed by atoms with Gasteiger partial charge in [-0.05, 0) is 52.4 Å². The Balaban J connectivity index is 1.54. The van der Waals surface area contributed by atoms with Crippen molar-refractivity contribution >= 4 is 39.1 Å². The van der Waals surface area contributed by atoms with Crippen molar-refractivity contribution < 1.29 is 9.59 Å². The first kappa shape index (κ1) is 16.2. The van der Waals surface area contributed by atoms with Crippen LogP contribution in [-0.2, 0) is 0 Å². The molecule has 2 aromatic rings. The minimum absolute atomic E-state index is 0.0690. The molecule has 3 rings (SSSR count). The van der Waals surface area contributed by atoms with Crippen LogP contribution in [0.5, 0.6) is 0 Å². The van der Waals surface area contributed by atoms with Crippen molar-refractivity contribution in [1.82, 2.24) is 10.2 Å². The number of likely N-dealkylation sites (tertiary alicyclic amines) is 1. The molecule has 2 amide bonds. The van der Waals surface area contributed by atoms with Crippen molar-refractivity contribution in [3.8, 4) is 0 Å². The molecular formula is C17H17BrN2O2S. The molecule has 1 saturated heterocycles. The van der Waals surface area contributed by atoms with Gasteiger partial charge in [-0.25, -0.2) is 0 Å². The molecule has 0 radical (unpaired) electrons. The van der Waals surface area contributed by atoms with E-state index in [0.717, 1.165) is 22.2 Å². The molecule has 0 unspecified atom stereocenters. The van der Waals surface area contributed by atoms with E-state index in [4.69, 9.17) is 0 Å². The van der Waals surface area contributed by atoms with Crippen LogP contribution in [0, 0.1) is 0 Å². The topological polar surface area (TPSA) is 49.4 Å². The molecule has 23 heavy (non-hydrogen) atoms. The lowest BCUT2D eigenvalue weighted by Gasteiger charge is -2.32. The first-order valence-corrected chi connectivity index (χ1v) is 9.20. The van der Waals surface area contributed by atoms with Crippen molar-refractivity contribution in [2.45, 2.75) is 18.9 Å². The number of piperidine rings is 1. The summed E-state index contributed by atoms with van der Waals surface area (Å²) in [5.41, 5.74) is 0.643. The van der Waals surface area contributed by atoms with Crippen LogP contribution >= 0.6 is 27.3 Å². The summed E-state index contributed by atoms with van der Waals surface area (Å²) in [6.45, 7) is 1.36. The predicted molar refractivity (Wildman–Crippen MR) is 94.9 cm³/mol. The van der Waals surface area contributed by atoms with Gasteiger partial charge in [-0.3, -0.25) is 9.59 Å². The normalized spacial score (nSPS) is 15.4. The highest BCUT2D eigenvalue weighted by Crippen LogP contribution is 2.19. The molecule has 0 saturated carbocycles. The Bertz CT molecular complexity index is 694. The van der Waals surface area contributed by atoms with E-state index >= 15 is 0 Å². The lowest BCUT2D eigenvalue weighted by atomic mass is 10.0. The molecule has 2 heterocycles. The number of nitrogens with zero attached hydrogens (tertiary/aromatic N) is 1. The van der Waals surface area contributed by atoms with Crippen LogP contribution in [-0.4, -0.2) is 35.8 Å². The first-order chi connectivity index (χ1) is 11.1. The SMILES string of the molecule is O=C(NC1CCN(C(=O)c2cccs2)CC1)c1ccccc1Br. The molecule has 1 fully saturated rings. The summed E-state index contributed by atoms with van der Waals surface area (Å²) in [5, 5.41) is 4.98. The molecule has 1 aromatic carbocycles. The third kappa shape index (κ3) is 3.82. The highest BCUT2D eigenvalue weighted by atomic mass is 79.9. The second kappa shape index (κ2) is 7.27. The Kier molecular flexibility index (Phi) is 5.13. The second-order valence-electron chi connectivity index (χ2n) is 5.50. The molecule has 6 heteroatoms. The van der Waals surface area contributed by atoms with Gasteiger partial charge in [-0.1, -0.05) is 18.2 Å². The van der Waals surface area contributed by atoms with Gasteiger partial charge in [0, 0.05) is 23.6 Å². The number of carbonyl (C=O) groups is 2. The zero-order chi connectivity index (χ0) is 16.2. The Hall–Kier alpha value is -1.66. The zero-order valence-corrected chi connectivity index (χ0v) is 14.9. The summed E-state index contributed by atoms with van der Waals surface area (Å²) in [7, 11) is 0. The number of amides is 2. The molecule has 0 spiro atoms. The average molecular weight is 393 g/mol. The number of rotatable bonds is 3. The van der Waals surface area contributed by atoms with Gasteiger partial charge in [-0.2, -0.15) is 0 Å². The Morgan fingerprint density at radius 1 is 1.13 bits per heavy atom. The number of nitrogens with one attached hydrogen (secondary N) is 1. The van der Waals surface area contributed by atoms with E-state index in [2.05, 4.69) is 21.2 Å². The molecular weight excluding hydrogens is 376 g/mol. The molecule has 1 N–H and O–H groups in total. The lowest BCUT2D eigenvalue weighted by Crippen LogP contribution is -2.46. The summed E-state index contributed by atoms with van der Waals surface area (Å²) in [4.78, 5) is 27.3. The summed E-state index contributed by atoms with van der Waals surface area (Å²) < 4.78 is 0.794. The fourth-order valence-corrected chi connectivity index (χ4v) is 3.85. The maximum atomic E-state index is 12.3. The molecule has 4 nitrogen and oxygen atoms in total. The maximum Gasteiger partial charge on any atom is 0.263 e. The van der Waals surface area contributed by atoms with Crippen LogP contribution in [0.3, 0.4) is 0 Å². The van der Waals surface area contributed by atoms with Crippen molar-refractivity contribution in [2.24, 2.45) is 0 Å². The Morgan fingerprint density at radius 3 is 2.52 bits per heavy atom. The molecule has 0 bridgehead atoms. The van der Waals surface area contributed by atoms with Crippen LogP contribution < -0.4 is 5.32 Å². The predicted octanol–water partition coefficient (Wildman–Crippen LogP) is 3.55. The number of hydrogen-bond donors (Lipinski definition) is 1. The monoisotopic (exact) mass is 392 g/mol. The minimum Gasteiger partial charge on any atom is -0.349 e. The molecule has 0 atom stereocenters. The van der Waals surface area contributed by atoms with Crippen LogP contribution in [0.15, 0.2) is 46.3 Å². The fourth-order valence-electron chi connectivity index (χ4n) is 2.69. The molecule has 0 aliphatic carbocycles. The Labute approximate surface area is 147 Å². The molecule has 1 aromatic heterocycles. The van der Waals surface area contributed by atoms with E-state index < -0.39 is 0 Å². The van der Waals surface area contributed by atoms with Gasteiger partial charge in [0.15, 0.2) is 0 Å². The third-order valence-corrected chi connectivity index (χ3v) is 5.52. The number of halogens is 1. The maximum absolute atomic E-state index is 12.3. The average Bonchev–Trinajstić information content (AvgIpc) is 3.09. The molecule has 120 valence electrons. The lowest BCUT2D eigenvalue weighted by molar-refractivity contribution is 0.0702. The van der Waals surface area contributed by atoms with Gasteiger partial charge in [-0.15, -0.1) is 11.3 Å². The van der Waals surface area contributed by atoms with Crippen molar-refractivity contribution in [3.05, 3.63) is 56.7 Å². The highest BCUT2D eigenvalue weighted by Gasteiger charge is 2.25. The summed E-state index contributed by atoms with van der Waals surface area (Å²) >= 11 is 4.87. The highest BCUT2D eigenvalue weighted by molar-refractivity contribution is 9.10. The van der Waals surface area contributed by atoms with Gasteiger partial charge >= 0.3 is 0 Å². The minimum atomic E-state index is -0.0690. The number of hydrogen-bond acceptors (Lipinski definition) is 3. The van der Waals surface area contributed by atoms with E-state index in [1.165, 1.54) is 11.3 Å². The summed E-state index contributed by atoms with van der Waals surface area (Å²) in [6, 6.07) is 11.3. The van der Waals surface area contributed by atoms with E-state index in [0.29, 0.717) is 18.7 Å². The van der Waals surface area contributed by atoms with Gasteiger partial charge in [0.25, 0.3) is 11.8 Å². The second-order valence-corrected chi connectivity index (χ2v) is 7.30. The van der Waals surface area contributed by atoms with Gasteiger partial charge in [0.05, 0.1) is 10.4 Å². The van der Waals surface area contributed by atoms with E-state index in [1.54, 1.807) is 6.07 Å². The Morgan fingerprint density at radius 2 is 1.87 bits per heavy atom. The smallest absolute Gasteiger partial charge is 0.263 e. The van der Waals surface area contributed by atoms with Gasteiger partial charge in [0.1, 0.15) is 0 Å². The standard InChI is InChI=1S/C17H17BrN2O2S/c18-14-5-2-1-4-13(14)16(21)19-12-7-9-20(10-8-12)17(22)15-6-3-11-23-15/h1-6,11-12H,7-10H2,(H,19,21). The number of carbonyl (C=O) groups excluding carboxylic acids is 2. The number of benzene rings is 1. The summed E-state index contributed by atoms with van der Waals surface area (Å²) in [6.07, 6.45) is 1.57. The fraction of sp³-hybridized carbons (Fsp3) is 0.294. The quantitative estimate of drug-likeness (QED) is 0.867. The van der Waals surface area contributed by atoms with Crippen LogP contribution in [0.1, 0.15) is 32.9 Å². The van der Waals surface area contributed by atoms with Crippen molar-refractivity contribution in [2.75, 3.05) is 13.1 Å². The van der Waals surface area contributed by atoms with Gasteiger partial charge < -0.3 is 10.2 Å². The van der Waals surface area contributed by atoms with Crippen molar-refractivity contribution in [3.63, 3.8) is 0 Å². The largest absolute Gasteiger partial charge is 0.349 e. The number of thiophene rings is 1. The zero-order valence-electron chi connectivity index (χ0n) is 12.5. The third-order valence-electron chi connectivity index (χ3n) is 3.97. The van der Waals surface area contributed by atoms with Crippen LogP contribution in [0.4, 0.5) is 0 Å². The van der Waals surface area contributed by atoms with Gasteiger partial charge in [0.2, 0.25) is 0 Å². The van der Waals surface area contributed by atoms with Crippen LogP contribution in [0.25, 0.3) is 0 Å².